The molecular formula is C9H16O. The zero-order chi connectivity index (χ0) is 7.94. The predicted octanol–water partition coefficient (Wildman–Crippen LogP) is 2.26. The number of Topliss-reactive ketones (excluding diaryl/α,β-unsaturated/α-hetero) is 1. The number of rotatable bonds is 1. The van der Waals surface area contributed by atoms with E-state index < -0.39 is 0 Å². The summed E-state index contributed by atoms with van der Waals surface area (Å²) >= 11 is 0. The molecule has 0 saturated heterocycles. The Hall–Kier alpha value is -0.330. The first kappa shape index (κ1) is 7.77. The van der Waals surface area contributed by atoms with E-state index in [4.69, 9.17) is 0 Å². The van der Waals surface area contributed by atoms with Crippen molar-refractivity contribution in [1.29, 1.82) is 0 Å². The molecule has 0 aromatic rings. The minimum Gasteiger partial charge on any atom is -0.300 e. The highest BCUT2D eigenvalue weighted by atomic mass is 16.1. The highest BCUT2D eigenvalue weighted by Crippen LogP contribution is 2.51. The molecular weight excluding hydrogens is 124 g/mol. The summed E-state index contributed by atoms with van der Waals surface area (Å²) in [5, 5.41) is 0. The van der Waals surface area contributed by atoms with Gasteiger partial charge in [0.15, 0.2) is 0 Å². The third kappa shape index (κ3) is 0.882. The van der Waals surface area contributed by atoms with Gasteiger partial charge in [-0.25, -0.2) is 0 Å². The van der Waals surface area contributed by atoms with Crippen LogP contribution >= 0.6 is 0 Å². The molecule has 10 heavy (non-hydrogen) atoms. The van der Waals surface area contributed by atoms with E-state index in [1.165, 1.54) is 0 Å². The van der Waals surface area contributed by atoms with Gasteiger partial charge in [0.2, 0.25) is 0 Å². The van der Waals surface area contributed by atoms with Gasteiger partial charge in [-0.05, 0) is 24.7 Å². The average Bonchev–Trinajstić information content (AvgIpc) is 1.82. The summed E-state index contributed by atoms with van der Waals surface area (Å²) in [5.41, 5.74) is 0.270. The molecule has 0 unspecified atom stereocenters. The molecule has 1 nitrogen and oxygen atoms in total. The largest absolute Gasteiger partial charge is 0.300 e. The molecule has 1 aliphatic carbocycles. The van der Waals surface area contributed by atoms with E-state index in [-0.39, 0.29) is 5.41 Å². The second-order valence-electron chi connectivity index (χ2n) is 4.12. The van der Waals surface area contributed by atoms with Crippen molar-refractivity contribution in [3.63, 3.8) is 0 Å². The molecule has 0 aromatic heterocycles. The van der Waals surface area contributed by atoms with Crippen molar-refractivity contribution in [1.82, 2.24) is 0 Å². The van der Waals surface area contributed by atoms with Crippen molar-refractivity contribution < 1.29 is 4.79 Å². The van der Waals surface area contributed by atoms with Gasteiger partial charge in [-0.15, -0.1) is 0 Å². The van der Waals surface area contributed by atoms with E-state index in [1.54, 1.807) is 6.92 Å². The third-order valence-corrected chi connectivity index (χ3v) is 3.25. The van der Waals surface area contributed by atoms with Crippen LogP contribution in [-0.2, 0) is 4.79 Å². The molecule has 0 radical (unpaired) electrons. The predicted molar refractivity (Wildman–Crippen MR) is 41.7 cm³/mol. The van der Waals surface area contributed by atoms with Gasteiger partial charge in [-0.2, -0.15) is 0 Å². The van der Waals surface area contributed by atoms with Crippen LogP contribution in [0.5, 0.6) is 0 Å². The van der Waals surface area contributed by atoms with E-state index >= 15 is 0 Å². The SMILES string of the molecule is CC(=O)[C@H]1C[C@@H](C)C1(C)C. The monoisotopic (exact) mass is 140 g/mol. The van der Waals surface area contributed by atoms with Crippen molar-refractivity contribution in [3.05, 3.63) is 0 Å². The first-order valence-electron chi connectivity index (χ1n) is 3.96. The fourth-order valence-electron chi connectivity index (χ4n) is 1.83. The highest BCUT2D eigenvalue weighted by molar-refractivity contribution is 5.80. The van der Waals surface area contributed by atoms with Gasteiger partial charge in [0.1, 0.15) is 5.78 Å². The van der Waals surface area contributed by atoms with Crippen molar-refractivity contribution in [2.24, 2.45) is 17.3 Å². The summed E-state index contributed by atoms with van der Waals surface area (Å²) < 4.78 is 0. The van der Waals surface area contributed by atoms with E-state index in [0.29, 0.717) is 11.7 Å². The van der Waals surface area contributed by atoms with Crippen molar-refractivity contribution in [2.75, 3.05) is 0 Å². The molecule has 0 aromatic carbocycles. The number of carbonyl (C=O) groups excluding carboxylic acids is 1. The summed E-state index contributed by atoms with van der Waals surface area (Å²) in [5.74, 6) is 1.42. The molecule has 1 rings (SSSR count). The van der Waals surface area contributed by atoms with E-state index in [0.717, 1.165) is 12.3 Å². The molecule has 0 heterocycles. The Morgan fingerprint density at radius 1 is 1.50 bits per heavy atom. The van der Waals surface area contributed by atoms with E-state index in [1.807, 2.05) is 0 Å². The normalized spacial score (nSPS) is 36.8. The average molecular weight is 140 g/mol. The van der Waals surface area contributed by atoms with Crippen LogP contribution in [0.15, 0.2) is 0 Å². The van der Waals surface area contributed by atoms with E-state index in [9.17, 15) is 4.79 Å². The van der Waals surface area contributed by atoms with Crippen molar-refractivity contribution in [3.8, 4) is 0 Å². The zero-order valence-corrected chi connectivity index (χ0v) is 7.27. The summed E-state index contributed by atoms with van der Waals surface area (Å²) in [6, 6.07) is 0. The second-order valence-corrected chi connectivity index (χ2v) is 4.12. The number of ketones is 1. The highest BCUT2D eigenvalue weighted by Gasteiger charge is 2.47. The van der Waals surface area contributed by atoms with Gasteiger partial charge in [0, 0.05) is 5.92 Å². The fourth-order valence-corrected chi connectivity index (χ4v) is 1.83. The fraction of sp³-hybridized carbons (Fsp3) is 0.889. The Morgan fingerprint density at radius 3 is 2.10 bits per heavy atom. The maximum atomic E-state index is 11.0. The Balaban J connectivity index is 2.63. The van der Waals surface area contributed by atoms with Crippen LogP contribution in [0.25, 0.3) is 0 Å². The smallest absolute Gasteiger partial charge is 0.133 e. The summed E-state index contributed by atoms with van der Waals surface area (Å²) in [7, 11) is 0. The molecule has 0 amide bonds. The summed E-state index contributed by atoms with van der Waals surface area (Å²) in [6.07, 6.45) is 1.10. The first-order chi connectivity index (χ1) is 4.46. The second kappa shape index (κ2) is 2.08. The molecule has 0 bridgehead atoms. The molecule has 58 valence electrons. The molecule has 0 spiro atoms. The maximum Gasteiger partial charge on any atom is 0.133 e. The van der Waals surface area contributed by atoms with Crippen LogP contribution in [0.4, 0.5) is 0 Å². The number of carbonyl (C=O) groups is 1. The Morgan fingerprint density at radius 2 is 2.00 bits per heavy atom. The van der Waals surface area contributed by atoms with Crippen molar-refractivity contribution >= 4 is 5.78 Å². The Kier molecular flexibility index (Phi) is 1.61. The van der Waals surface area contributed by atoms with Crippen LogP contribution in [0.1, 0.15) is 34.1 Å². The molecule has 0 N–H and O–H groups in total. The van der Waals surface area contributed by atoms with Crippen molar-refractivity contribution in [2.45, 2.75) is 34.1 Å². The van der Waals surface area contributed by atoms with Crippen LogP contribution in [0.3, 0.4) is 0 Å². The standard InChI is InChI=1S/C9H16O/c1-6-5-8(7(2)10)9(6,3)4/h6,8H,5H2,1-4H3/t6-,8-/m1/s1. The lowest BCUT2D eigenvalue weighted by atomic mass is 9.54. The quantitative estimate of drug-likeness (QED) is 0.546. The summed E-state index contributed by atoms with van der Waals surface area (Å²) in [4.78, 5) is 11.0. The Labute approximate surface area is 62.8 Å². The molecule has 1 heteroatoms. The maximum absolute atomic E-state index is 11.0. The third-order valence-electron chi connectivity index (χ3n) is 3.25. The summed E-state index contributed by atoms with van der Waals surface area (Å²) in [6.45, 7) is 8.30. The topological polar surface area (TPSA) is 17.1 Å². The van der Waals surface area contributed by atoms with Crippen LogP contribution in [-0.4, -0.2) is 5.78 Å². The lowest BCUT2D eigenvalue weighted by Crippen LogP contribution is -2.46. The number of hydrogen-bond acceptors (Lipinski definition) is 1. The lowest BCUT2D eigenvalue weighted by Gasteiger charge is -2.49. The molecule has 1 aliphatic rings. The molecule has 2 atom stereocenters. The van der Waals surface area contributed by atoms with Gasteiger partial charge in [-0.1, -0.05) is 20.8 Å². The van der Waals surface area contributed by atoms with Gasteiger partial charge < -0.3 is 0 Å². The number of hydrogen-bond donors (Lipinski definition) is 0. The zero-order valence-electron chi connectivity index (χ0n) is 7.27. The lowest BCUT2D eigenvalue weighted by molar-refractivity contribution is -0.134. The van der Waals surface area contributed by atoms with Gasteiger partial charge >= 0.3 is 0 Å². The van der Waals surface area contributed by atoms with Crippen LogP contribution < -0.4 is 0 Å². The first-order valence-corrected chi connectivity index (χ1v) is 3.96. The van der Waals surface area contributed by atoms with Crippen LogP contribution in [0, 0.1) is 17.3 Å². The van der Waals surface area contributed by atoms with Crippen LogP contribution in [0.2, 0.25) is 0 Å². The minimum atomic E-state index is 0.270. The molecule has 1 fully saturated rings. The molecule has 1 saturated carbocycles. The van der Waals surface area contributed by atoms with Gasteiger partial charge in [0.25, 0.3) is 0 Å². The van der Waals surface area contributed by atoms with Gasteiger partial charge in [0.05, 0.1) is 0 Å². The van der Waals surface area contributed by atoms with Gasteiger partial charge in [-0.3, -0.25) is 4.79 Å². The van der Waals surface area contributed by atoms with E-state index in [2.05, 4.69) is 20.8 Å². The minimum absolute atomic E-state index is 0.270. The molecule has 0 aliphatic heterocycles. The Bertz CT molecular complexity index is 158.